The summed E-state index contributed by atoms with van der Waals surface area (Å²) in [6, 6.07) is 7.55. The van der Waals surface area contributed by atoms with E-state index in [2.05, 4.69) is 0 Å². The van der Waals surface area contributed by atoms with Gasteiger partial charge in [0.2, 0.25) is 5.91 Å². The van der Waals surface area contributed by atoms with E-state index in [-0.39, 0.29) is 18.6 Å². The van der Waals surface area contributed by atoms with E-state index in [1.54, 1.807) is 4.90 Å². The molecule has 0 saturated heterocycles. The molecule has 0 aromatic heterocycles. The first kappa shape index (κ1) is 15.0. The monoisotopic (exact) mass is 269 g/mol. The maximum Gasteiger partial charge on any atom is 0.248 e. The van der Waals surface area contributed by atoms with Crippen LogP contribution >= 0.6 is 11.6 Å². The number of hydrogen-bond acceptors (Lipinski definition) is 2. The molecule has 0 bridgehead atoms. The summed E-state index contributed by atoms with van der Waals surface area (Å²) in [4.78, 5) is 13.7. The lowest BCUT2D eigenvalue weighted by molar-refractivity contribution is -0.138. The zero-order chi connectivity index (χ0) is 13.5. The predicted octanol–water partition coefficient (Wildman–Crippen LogP) is 3.11. The Bertz CT molecular complexity index is 393. The van der Waals surface area contributed by atoms with Gasteiger partial charge in [-0.3, -0.25) is 4.79 Å². The fourth-order valence-electron chi connectivity index (χ4n) is 1.56. The van der Waals surface area contributed by atoms with E-state index in [1.807, 2.05) is 45.0 Å². The molecule has 0 heterocycles. The van der Waals surface area contributed by atoms with Crippen molar-refractivity contribution in [3.05, 3.63) is 34.9 Å². The maximum atomic E-state index is 11.9. The number of rotatable bonds is 6. The molecule has 0 saturated carbocycles. The quantitative estimate of drug-likeness (QED) is 0.794. The standard InChI is InChI=1S/C14H20ClNO2/c1-4-16(14(17)10-18-11(2)3)9-12-6-5-7-13(15)8-12/h5-8,11H,4,9-10H2,1-3H3. The normalized spacial score (nSPS) is 10.7. The van der Waals surface area contributed by atoms with Crippen molar-refractivity contribution in [1.82, 2.24) is 4.90 Å². The topological polar surface area (TPSA) is 29.5 Å². The summed E-state index contributed by atoms with van der Waals surface area (Å²) in [7, 11) is 0. The minimum Gasteiger partial charge on any atom is -0.369 e. The predicted molar refractivity (Wildman–Crippen MR) is 73.6 cm³/mol. The maximum absolute atomic E-state index is 11.9. The van der Waals surface area contributed by atoms with Crippen molar-refractivity contribution < 1.29 is 9.53 Å². The van der Waals surface area contributed by atoms with Gasteiger partial charge in [-0.15, -0.1) is 0 Å². The van der Waals surface area contributed by atoms with E-state index in [4.69, 9.17) is 16.3 Å². The number of hydrogen-bond donors (Lipinski definition) is 0. The Morgan fingerprint density at radius 2 is 2.17 bits per heavy atom. The number of ether oxygens (including phenoxy) is 1. The summed E-state index contributed by atoms with van der Waals surface area (Å²) in [6.45, 7) is 7.15. The van der Waals surface area contributed by atoms with Gasteiger partial charge < -0.3 is 9.64 Å². The van der Waals surface area contributed by atoms with E-state index in [9.17, 15) is 4.79 Å². The van der Waals surface area contributed by atoms with Gasteiger partial charge in [-0.1, -0.05) is 23.7 Å². The summed E-state index contributed by atoms with van der Waals surface area (Å²) in [5.41, 5.74) is 1.03. The molecule has 0 N–H and O–H groups in total. The van der Waals surface area contributed by atoms with Crippen LogP contribution in [0.3, 0.4) is 0 Å². The van der Waals surface area contributed by atoms with Gasteiger partial charge >= 0.3 is 0 Å². The number of amides is 1. The Kier molecular flexibility index (Phi) is 6.16. The molecule has 1 amide bonds. The van der Waals surface area contributed by atoms with E-state index in [0.717, 1.165) is 5.56 Å². The van der Waals surface area contributed by atoms with Gasteiger partial charge in [0, 0.05) is 18.1 Å². The number of nitrogens with zero attached hydrogens (tertiary/aromatic N) is 1. The van der Waals surface area contributed by atoms with Gasteiger partial charge in [0.05, 0.1) is 6.10 Å². The van der Waals surface area contributed by atoms with Crippen molar-refractivity contribution in [1.29, 1.82) is 0 Å². The number of carbonyl (C=O) groups excluding carboxylic acids is 1. The summed E-state index contributed by atoms with van der Waals surface area (Å²) in [5.74, 6) is 0.00572. The van der Waals surface area contributed by atoms with E-state index < -0.39 is 0 Å². The average Bonchev–Trinajstić information content (AvgIpc) is 2.33. The molecule has 0 aliphatic heterocycles. The minimum atomic E-state index is 0.00572. The molecule has 3 nitrogen and oxygen atoms in total. The van der Waals surface area contributed by atoms with Gasteiger partial charge in [-0.05, 0) is 38.5 Å². The Balaban J connectivity index is 2.58. The second kappa shape index (κ2) is 7.39. The van der Waals surface area contributed by atoms with E-state index in [0.29, 0.717) is 18.1 Å². The first-order chi connectivity index (χ1) is 8.52. The Morgan fingerprint density at radius 3 is 2.72 bits per heavy atom. The highest BCUT2D eigenvalue weighted by atomic mass is 35.5. The molecule has 1 rings (SSSR count). The lowest BCUT2D eigenvalue weighted by atomic mass is 10.2. The lowest BCUT2D eigenvalue weighted by Gasteiger charge is -2.21. The molecule has 0 spiro atoms. The van der Waals surface area contributed by atoms with Crippen LogP contribution in [0.1, 0.15) is 26.3 Å². The molecule has 0 aliphatic carbocycles. The Morgan fingerprint density at radius 1 is 1.44 bits per heavy atom. The molecular weight excluding hydrogens is 250 g/mol. The number of likely N-dealkylation sites (N-methyl/N-ethyl adjacent to an activating group) is 1. The molecule has 0 fully saturated rings. The number of halogens is 1. The SMILES string of the molecule is CCN(Cc1cccc(Cl)c1)C(=O)COC(C)C. The highest BCUT2D eigenvalue weighted by molar-refractivity contribution is 6.30. The van der Waals surface area contributed by atoms with Crippen LogP contribution < -0.4 is 0 Å². The third-order valence-corrected chi connectivity index (χ3v) is 2.77. The highest BCUT2D eigenvalue weighted by Gasteiger charge is 2.13. The van der Waals surface area contributed by atoms with Crippen LogP contribution in [0.15, 0.2) is 24.3 Å². The molecule has 0 unspecified atom stereocenters. The summed E-state index contributed by atoms with van der Waals surface area (Å²) in [5, 5.41) is 0.689. The van der Waals surface area contributed by atoms with Crippen LogP contribution in [0, 0.1) is 0 Å². The third kappa shape index (κ3) is 5.07. The van der Waals surface area contributed by atoms with Gasteiger partial charge in [-0.25, -0.2) is 0 Å². The van der Waals surface area contributed by atoms with Crippen LogP contribution in [-0.4, -0.2) is 30.1 Å². The molecular formula is C14H20ClNO2. The summed E-state index contributed by atoms with van der Waals surface area (Å²) < 4.78 is 5.33. The highest BCUT2D eigenvalue weighted by Crippen LogP contribution is 2.12. The van der Waals surface area contributed by atoms with Crippen molar-refractivity contribution in [2.24, 2.45) is 0 Å². The second-order valence-corrected chi connectivity index (χ2v) is 4.83. The van der Waals surface area contributed by atoms with Crippen LogP contribution in [0.25, 0.3) is 0 Å². The Hall–Kier alpha value is -1.06. The third-order valence-electron chi connectivity index (χ3n) is 2.54. The zero-order valence-corrected chi connectivity index (χ0v) is 11.9. The molecule has 0 atom stereocenters. The molecule has 100 valence electrons. The smallest absolute Gasteiger partial charge is 0.248 e. The minimum absolute atomic E-state index is 0.00572. The molecule has 1 aromatic carbocycles. The van der Waals surface area contributed by atoms with Crippen molar-refractivity contribution in [3.8, 4) is 0 Å². The van der Waals surface area contributed by atoms with Gasteiger partial charge in [0.25, 0.3) is 0 Å². The average molecular weight is 270 g/mol. The second-order valence-electron chi connectivity index (χ2n) is 4.40. The molecule has 4 heteroatoms. The number of benzene rings is 1. The molecule has 1 aromatic rings. The molecule has 18 heavy (non-hydrogen) atoms. The fraction of sp³-hybridized carbons (Fsp3) is 0.500. The lowest BCUT2D eigenvalue weighted by Crippen LogP contribution is -2.34. The largest absolute Gasteiger partial charge is 0.369 e. The van der Waals surface area contributed by atoms with Gasteiger partial charge in [0.15, 0.2) is 0 Å². The van der Waals surface area contributed by atoms with E-state index in [1.165, 1.54) is 0 Å². The van der Waals surface area contributed by atoms with Crippen LogP contribution in [0.4, 0.5) is 0 Å². The van der Waals surface area contributed by atoms with Gasteiger partial charge in [-0.2, -0.15) is 0 Å². The molecule has 0 radical (unpaired) electrons. The van der Waals surface area contributed by atoms with Crippen molar-refractivity contribution in [2.75, 3.05) is 13.2 Å². The number of carbonyl (C=O) groups is 1. The van der Waals surface area contributed by atoms with Crippen molar-refractivity contribution >= 4 is 17.5 Å². The summed E-state index contributed by atoms with van der Waals surface area (Å²) in [6.07, 6.45) is 0.0684. The van der Waals surface area contributed by atoms with Crippen LogP contribution in [0.5, 0.6) is 0 Å². The van der Waals surface area contributed by atoms with Crippen LogP contribution in [0.2, 0.25) is 5.02 Å². The first-order valence-corrected chi connectivity index (χ1v) is 6.54. The van der Waals surface area contributed by atoms with Crippen molar-refractivity contribution in [2.45, 2.75) is 33.4 Å². The van der Waals surface area contributed by atoms with Gasteiger partial charge in [0.1, 0.15) is 6.61 Å². The van der Waals surface area contributed by atoms with E-state index >= 15 is 0 Å². The van der Waals surface area contributed by atoms with Crippen molar-refractivity contribution in [3.63, 3.8) is 0 Å². The summed E-state index contributed by atoms with van der Waals surface area (Å²) >= 11 is 5.93. The van der Waals surface area contributed by atoms with Crippen LogP contribution in [-0.2, 0) is 16.1 Å². The first-order valence-electron chi connectivity index (χ1n) is 6.16. The fourth-order valence-corrected chi connectivity index (χ4v) is 1.77. The molecule has 0 aliphatic rings. The zero-order valence-electron chi connectivity index (χ0n) is 11.1. The Labute approximate surface area is 114 Å².